The van der Waals surface area contributed by atoms with Gasteiger partial charge in [-0.3, -0.25) is 14.9 Å². The van der Waals surface area contributed by atoms with Crippen LogP contribution >= 0.6 is 11.6 Å². The third kappa shape index (κ3) is 2.97. The molecule has 3 rings (SSSR count). The van der Waals surface area contributed by atoms with Crippen LogP contribution in [0.3, 0.4) is 0 Å². The maximum absolute atomic E-state index is 12.5. The van der Waals surface area contributed by atoms with Crippen LogP contribution in [0.4, 0.5) is 5.95 Å². The number of anilines is 1. The lowest BCUT2D eigenvalue weighted by Gasteiger charge is -2.11. The van der Waals surface area contributed by atoms with E-state index < -0.39 is 17.2 Å². The van der Waals surface area contributed by atoms with E-state index >= 15 is 0 Å². The van der Waals surface area contributed by atoms with Gasteiger partial charge in [-0.05, 0) is 17.7 Å². The molecule has 1 aromatic carbocycles. The molecule has 2 aromatic heterocycles. The van der Waals surface area contributed by atoms with Gasteiger partial charge >= 0.3 is 0 Å². The summed E-state index contributed by atoms with van der Waals surface area (Å²) in [7, 11) is 3.00. The average molecular weight is 377 g/mol. The van der Waals surface area contributed by atoms with Crippen LogP contribution in [0.2, 0.25) is 5.02 Å². The van der Waals surface area contributed by atoms with Gasteiger partial charge in [0.1, 0.15) is 6.33 Å². The van der Waals surface area contributed by atoms with Crippen molar-refractivity contribution in [2.75, 3.05) is 5.32 Å². The van der Waals surface area contributed by atoms with E-state index in [1.54, 1.807) is 7.05 Å². The molecule has 134 valence electrons. The number of phenols is 2. The fourth-order valence-corrected chi connectivity index (χ4v) is 2.56. The number of nitrogens with one attached hydrogen (secondary N) is 1. The molecular weight excluding hydrogens is 364 g/mol. The van der Waals surface area contributed by atoms with Crippen LogP contribution in [0.25, 0.3) is 11.1 Å². The first-order valence-electron chi connectivity index (χ1n) is 7.24. The topological polar surface area (TPSA) is 135 Å². The number of aromatic hydroxyl groups is 2. The zero-order valence-electron chi connectivity index (χ0n) is 13.6. The van der Waals surface area contributed by atoms with Crippen molar-refractivity contribution in [1.29, 1.82) is 0 Å². The van der Waals surface area contributed by atoms with Gasteiger partial charge in [-0.15, -0.1) is 10.2 Å². The number of nitrogens with zero attached hydrogens (tertiary/aromatic N) is 5. The normalized spacial score (nSPS) is 10.7. The molecule has 10 nitrogen and oxygen atoms in total. The van der Waals surface area contributed by atoms with E-state index in [9.17, 15) is 19.8 Å². The van der Waals surface area contributed by atoms with Gasteiger partial charge in [0.2, 0.25) is 5.95 Å². The number of carbonyl (C=O) groups excluding carboxylic acids is 1. The van der Waals surface area contributed by atoms with E-state index in [0.717, 1.165) is 4.68 Å². The molecule has 3 aromatic rings. The molecule has 0 saturated carbocycles. The fraction of sp³-hybridized carbons (Fsp3) is 0.133. The highest BCUT2D eigenvalue weighted by Gasteiger charge is 2.23. The summed E-state index contributed by atoms with van der Waals surface area (Å²) in [6.07, 6.45) is 1.40. The lowest BCUT2D eigenvalue weighted by molar-refractivity contribution is 0.101. The number of benzene rings is 1. The second kappa shape index (κ2) is 6.48. The van der Waals surface area contributed by atoms with Gasteiger partial charge in [-0.2, -0.15) is 5.10 Å². The molecule has 3 N–H and O–H groups in total. The molecule has 0 spiro atoms. The first-order chi connectivity index (χ1) is 12.3. The van der Waals surface area contributed by atoms with E-state index in [2.05, 4.69) is 20.6 Å². The zero-order chi connectivity index (χ0) is 19.0. The van der Waals surface area contributed by atoms with Crippen LogP contribution in [0, 0.1) is 0 Å². The average Bonchev–Trinajstić information content (AvgIpc) is 2.99. The van der Waals surface area contributed by atoms with Crippen molar-refractivity contribution < 1.29 is 15.0 Å². The van der Waals surface area contributed by atoms with Crippen molar-refractivity contribution in [3.05, 3.63) is 45.6 Å². The Morgan fingerprint density at radius 2 is 1.96 bits per heavy atom. The predicted molar refractivity (Wildman–Crippen MR) is 92.2 cm³/mol. The number of hydrogen-bond acceptors (Lipinski definition) is 7. The summed E-state index contributed by atoms with van der Waals surface area (Å²) in [5.41, 5.74) is -0.599. The lowest BCUT2D eigenvalue weighted by Crippen LogP contribution is -2.27. The molecule has 1 amide bonds. The van der Waals surface area contributed by atoms with E-state index in [4.69, 9.17) is 11.6 Å². The Hall–Kier alpha value is -3.40. The number of rotatable bonds is 3. The Morgan fingerprint density at radius 3 is 2.58 bits per heavy atom. The third-order valence-electron chi connectivity index (χ3n) is 3.60. The van der Waals surface area contributed by atoms with Crippen LogP contribution in [0.15, 0.2) is 29.3 Å². The Kier molecular flexibility index (Phi) is 4.34. The number of aromatic nitrogens is 5. The minimum absolute atomic E-state index is 0.0393. The number of phenolic OH excluding ortho intramolecular Hbond substituents is 2. The van der Waals surface area contributed by atoms with Crippen LogP contribution in [-0.2, 0) is 14.1 Å². The Morgan fingerprint density at radius 1 is 1.23 bits per heavy atom. The van der Waals surface area contributed by atoms with Crippen LogP contribution in [0.1, 0.15) is 10.5 Å². The first kappa shape index (κ1) is 17.4. The van der Waals surface area contributed by atoms with Crippen LogP contribution < -0.4 is 10.9 Å². The van der Waals surface area contributed by atoms with Gasteiger partial charge in [0, 0.05) is 14.1 Å². The monoisotopic (exact) mass is 376 g/mol. The van der Waals surface area contributed by atoms with Gasteiger partial charge in [0.15, 0.2) is 17.2 Å². The second-order valence-corrected chi connectivity index (χ2v) is 5.77. The quantitative estimate of drug-likeness (QED) is 0.577. The van der Waals surface area contributed by atoms with Crippen molar-refractivity contribution >= 4 is 23.5 Å². The summed E-state index contributed by atoms with van der Waals surface area (Å²) in [4.78, 5) is 25.0. The highest BCUT2D eigenvalue weighted by atomic mass is 35.5. The minimum atomic E-state index is -0.689. The molecule has 26 heavy (non-hydrogen) atoms. The predicted octanol–water partition coefficient (Wildman–Crippen LogP) is 0.893. The summed E-state index contributed by atoms with van der Waals surface area (Å²) in [5, 5.41) is 32.7. The maximum atomic E-state index is 12.5. The summed E-state index contributed by atoms with van der Waals surface area (Å²) in [6, 6.07) is 3.77. The number of aryl methyl sites for hydroxylation is 2. The van der Waals surface area contributed by atoms with E-state index in [1.807, 2.05) is 0 Å². The summed E-state index contributed by atoms with van der Waals surface area (Å²) < 4.78 is 2.43. The highest BCUT2D eigenvalue weighted by molar-refractivity contribution is 6.36. The van der Waals surface area contributed by atoms with Crippen molar-refractivity contribution in [1.82, 2.24) is 24.5 Å². The highest BCUT2D eigenvalue weighted by Crippen LogP contribution is 2.33. The van der Waals surface area contributed by atoms with E-state index in [0.29, 0.717) is 0 Å². The van der Waals surface area contributed by atoms with Gasteiger partial charge < -0.3 is 14.8 Å². The molecule has 0 radical (unpaired) electrons. The Balaban J connectivity index is 2.12. The summed E-state index contributed by atoms with van der Waals surface area (Å²) in [6.45, 7) is 0. The Bertz CT molecular complexity index is 1070. The number of halogens is 1. The molecule has 11 heteroatoms. The lowest BCUT2D eigenvalue weighted by atomic mass is 10.1. The molecule has 0 aliphatic rings. The smallest absolute Gasteiger partial charge is 0.280 e. The van der Waals surface area contributed by atoms with E-state index in [1.165, 1.54) is 36.1 Å². The second-order valence-electron chi connectivity index (χ2n) is 5.39. The van der Waals surface area contributed by atoms with Crippen molar-refractivity contribution in [3.8, 4) is 22.6 Å². The van der Waals surface area contributed by atoms with Gasteiger partial charge in [-0.1, -0.05) is 17.7 Å². The molecule has 0 aliphatic carbocycles. The molecule has 0 atom stereocenters. The molecule has 0 bridgehead atoms. The number of amides is 1. The minimum Gasteiger partial charge on any atom is -0.504 e. The fourth-order valence-electron chi connectivity index (χ4n) is 2.24. The molecular formula is C15H13ClN6O4. The molecule has 2 heterocycles. The van der Waals surface area contributed by atoms with Gasteiger partial charge in [0.25, 0.3) is 11.5 Å². The zero-order valence-corrected chi connectivity index (χ0v) is 14.4. The van der Waals surface area contributed by atoms with Crippen LogP contribution in [-0.4, -0.2) is 40.7 Å². The number of carbonyl (C=O) groups is 1. The molecule has 0 unspecified atom stereocenters. The summed E-state index contributed by atoms with van der Waals surface area (Å²) >= 11 is 6.26. The van der Waals surface area contributed by atoms with Gasteiger partial charge in [0.05, 0.1) is 10.6 Å². The van der Waals surface area contributed by atoms with Crippen LogP contribution in [0.5, 0.6) is 11.5 Å². The molecule has 0 fully saturated rings. The molecule has 0 aliphatic heterocycles. The Labute approximate surface area is 151 Å². The number of hydrogen-bond donors (Lipinski definition) is 3. The largest absolute Gasteiger partial charge is 0.504 e. The maximum Gasteiger partial charge on any atom is 0.280 e. The standard InChI is InChI=1S/C15H13ClN6O4/c1-21-6-17-19-15(21)18-13(25)12-11(16)10(14(26)22(2)20-12)7-3-4-8(23)9(24)5-7/h3-6,23-24H,1-2H3,(H,18,19,25). The molecule has 0 saturated heterocycles. The van der Waals surface area contributed by atoms with Crippen molar-refractivity contribution in [2.24, 2.45) is 14.1 Å². The van der Waals surface area contributed by atoms with E-state index in [-0.39, 0.29) is 33.5 Å². The summed E-state index contributed by atoms with van der Waals surface area (Å²) in [5.74, 6) is -1.30. The third-order valence-corrected chi connectivity index (χ3v) is 3.97. The SMILES string of the molecule is Cn1cnnc1NC(=O)c1nn(C)c(=O)c(-c2ccc(O)c(O)c2)c1Cl. The van der Waals surface area contributed by atoms with Crippen molar-refractivity contribution in [3.63, 3.8) is 0 Å². The first-order valence-corrected chi connectivity index (χ1v) is 7.62. The van der Waals surface area contributed by atoms with Gasteiger partial charge in [-0.25, -0.2) is 4.68 Å². The van der Waals surface area contributed by atoms with Crippen molar-refractivity contribution in [2.45, 2.75) is 0 Å².